The van der Waals surface area contributed by atoms with Gasteiger partial charge in [-0.1, -0.05) is 26.0 Å². The van der Waals surface area contributed by atoms with E-state index in [0.29, 0.717) is 11.0 Å². The molecule has 0 aromatic heterocycles. The summed E-state index contributed by atoms with van der Waals surface area (Å²) in [5, 5.41) is 3.78. The van der Waals surface area contributed by atoms with E-state index >= 15 is 0 Å². The van der Waals surface area contributed by atoms with Gasteiger partial charge in [0.1, 0.15) is 0 Å². The summed E-state index contributed by atoms with van der Waals surface area (Å²) in [5.74, 6) is 0.958. The molecule has 2 fully saturated rings. The fraction of sp³-hybridized carbons (Fsp3) is 0.846. The van der Waals surface area contributed by atoms with Crippen molar-refractivity contribution in [2.45, 2.75) is 52.0 Å². The van der Waals surface area contributed by atoms with Gasteiger partial charge in [-0.25, -0.2) is 0 Å². The predicted octanol–water partition coefficient (Wildman–Crippen LogP) is 3.12. The first-order chi connectivity index (χ1) is 6.48. The second-order valence-corrected chi connectivity index (χ2v) is 5.89. The molecule has 0 saturated heterocycles. The zero-order chi connectivity index (χ0) is 10.4. The minimum atomic E-state index is 0.427. The molecule has 0 aliphatic heterocycles. The predicted molar refractivity (Wildman–Crippen MR) is 61.3 cm³/mol. The third-order valence-corrected chi connectivity index (χ3v) is 4.82. The monoisotopic (exact) mass is 193 g/mol. The summed E-state index contributed by atoms with van der Waals surface area (Å²) in [4.78, 5) is 0. The minimum Gasteiger partial charge on any atom is -0.307 e. The summed E-state index contributed by atoms with van der Waals surface area (Å²) < 4.78 is 0. The van der Waals surface area contributed by atoms with Crippen LogP contribution < -0.4 is 5.32 Å². The van der Waals surface area contributed by atoms with Crippen LogP contribution in [0.5, 0.6) is 0 Å². The molecule has 0 unspecified atom stereocenters. The Kier molecular flexibility index (Phi) is 2.26. The second-order valence-electron chi connectivity index (χ2n) is 5.89. The third kappa shape index (κ3) is 1.25. The molecule has 2 aliphatic rings. The summed E-state index contributed by atoms with van der Waals surface area (Å²) >= 11 is 0. The second kappa shape index (κ2) is 3.10. The maximum Gasteiger partial charge on any atom is 0.0238 e. The Balaban J connectivity index is 2.11. The fourth-order valence-corrected chi connectivity index (χ4v) is 3.59. The summed E-state index contributed by atoms with van der Waals surface area (Å²) in [6.45, 7) is 12.0. The Morgan fingerprint density at radius 2 is 1.93 bits per heavy atom. The van der Waals surface area contributed by atoms with Crippen LogP contribution in [0.2, 0.25) is 0 Å². The van der Waals surface area contributed by atoms with Gasteiger partial charge in [-0.15, -0.1) is 0 Å². The summed E-state index contributed by atoms with van der Waals surface area (Å²) in [5.41, 5.74) is 2.18. The topological polar surface area (TPSA) is 12.0 Å². The van der Waals surface area contributed by atoms with Crippen LogP contribution in [-0.4, -0.2) is 12.1 Å². The van der Waals surface area contributed by atoms with Crippen LogP contribution in [0, 0.1) is 11.3 Å². The first kappa shape index (κ1) is 10.2. The molecule has 14 heavy (non-hydrogen) atoms. The summed E-state index contributed by atoms with van der Waals surface area (Å²) in [6, 6.07) is 0. The molecule has 0 amide bonds. The number of rotatable bonds is 3. The van der Waals surface area contributed by atoms with E-state index < -0.39 is 0 Å². The Morgan fingerprint density at radius 3 is 2.29 bits per heavy atom. The number of nitrogens with one attached hydrogen (secondary N) is 1. The van der Waals surface area contributed by atoms with Crippen molar-refractivity contribution < 1.29 is 0 Å². The lowest BCUT2D eigenvalue weighted by atomic mass is 9.76. The molecule has 0 radical (unpaired) electrons. The summed E-state index contributed by atoms with van der Waals surface area (Å²) in [7, 11) is 0. The van der Waals surface area contributed by atoms with Gasteiger partial charge >= 0.3 is 0 Å². The first-order valence-electron chi connectivity index (χ1n) is 5.87. The zero-order valence-corrected chi connectivity index (χ0v) is 9.82. The van der Waals surface area contributed by atoms with Gasteiger partial charge in [-0.05, 0) is 43.9 Å². The average molecular weight is 193 g/mol. The molecule has 2 saturated carbocycles. The van der Waals surface area contributed by atoms with Crippen LogP contribution in [0.25, 0.3) is 0 Å². The van der Waals surface area contributed by atoms with E-state index in [4.69, 9.17) is 0 Å². The van der Waals surface area contributed by atoms with Crippen molar-refractivity contribution in [3.63, 3.8) is 0 Å². The van der Waals surface area contributed by atoms with E-state index in [-0.39, 0.29) is 0 Å². The molecule has 2 rings (SSSR count). The quantitative estimate of drug-likeness (QED) is 0.679. The lowest BCUT2D eigenvalue weighted by Gasteiger charge is -2.39. The number of hydrogen-bond donors (Lipinski definition) is 1. The molecule has 0 aromatic rings. The van der Waals surface area contributed by atoms with Gasteiger partial charge in [0.05, 0.1) is 0 Å². The molecular formula is C13H23N. The van der Waals surface area contributed by atoms with Crippen LogP contribution in [0.4, 0.5) is 0 Å². The van der Waals surface area contributed by atoms with Crippen LogP contribution in [-0.2, 0) is 0 Å². The molecule has 2 aliphatic carbocycles. The Bertz CT molecular complexity index is 244. The first-order valence-corrected chi connectivity index (χ1v) is 5.87. The van der Waals surface area contributed by atoms with E-state index in [9.17, 15) is 0 Å². The van der Waals surface area contributed by atoms with Crippen molar-refractivity contribution in [3.05, 3.63) is 12.2 Å². The van der Waals surface area contributed by atoms with E-state index in [0.717, 1.165) is 12.5 Å². The molecule has 0 spiro atoms. The van der Waals surface area contributed by atoms with E-state index in [1.807, 2.05) is 0 Å². The Hall–Kier alpha value is -0.300. The summed E-state index contributed by atoms with van der Waals surface area (Å²) in [6.07, 6.45) is 5.60. The Morgan fingerprint density at radius 1 is 1.36 bits per heavy atom. The number of hydrogen-bond acceptors (Lipinski definition) is 1. The van der Waals surface area contributed by atoms with Crippen LogP contribution in [0.15, 0.2) is 12.2 Å². The fourth-order valence-electron chi connectivity index (χ4n) is 3.59. The third-order valence-electron chi connectivity index (χ3n) is 4.82. The maximum atomic E-state index is 3.98. The van der Waals surface area contributed by atoms with Crippen molar-refractivity contribution in [3.8, 4) is 0 Å². The van der Waals surface area contributed by atoms with Crippen molar-refractivity contribution in [2.24, 2.45) is 11.3 Å². The van der Waals surface area contributed by atoms with Crippen molar-refractivity contribution in [2.75, 3.05) is 6.54 Å². The molecule has 1 heteroatoms. The van der Waals surface area contributed by atoms with Gasteiger partial charge in [-0.3, -0.25) is 0 Å². The van der Waals surface area contributed by atoms with Crippen LogP contribution in [0.3, 0.4) is 0 Å². The van der Waals surface area contributed by atoms with Crippen molar-refractivity contribution in [1.29, 1.82) is 0 Å². The molecule has 1 nitrogen and oxygen atoms in total. The lowest BCUT2D eigenvalue weighted by Crippen LogP contribution is -2.51. The number of fused-ring (bicyclic) bond motifs is 2. The van der Waals surface area contributed by atoms with Crippen molar-refractivity contribution >= 4 is 0 Å². The molecule has 1 N–H and O–H groups in total. The molecule has 0 heterocycles. The standard InChI is InChI=1S/C13H23N/c1-10(2)9-14-13-7-5-11(6-8-13)12(13,3)4/h11,14H,1,5-9H2,2-4H3. The van der Waals surface area contributed by atoms with Gasteiger partial charge < -0.3 is 5.32 Å². The average Bonchev–Trinajstić information content (AvgIpc) is 2.51. The minimum absolute atomic E-state index is 0.427. The van der Waals surface area contributed by atoms with Gasteiger partial charge in [0.15, 0.2) is 0 Å². The lowest BCUT2D eigenvalue weighted by molar-refractivity contribution is 0.176. The zero-order valence-electron chi connectivity index (χ0n) is 9.82. The molecule has 0 aromatic carbocycles. The smallest absolute Gasteiger partial charge is 0.0238 e. The molecule has 0 atom stereocenters. The van der Waals surface area contributed by atoms with Crippen LogP contribution >= 0.6 is 0 Å². The maximum absolute atomic E-state index is 3.98. The van der Waals surface area contributed by atoms with E-state index in [2.05, 4.69) is 32.7 Å². The van der Waals surface area contributed by atoms with Gasteiger partial charge in [-0.2, -0.15) is 0 Å². The van der Waals surface area contributed by atoms with Crippen molar-refractivity contribution in [1.82, 2.24) is 5.32 Å². The largest absolute Gasteiger partial charge is 0.307 e. The van der Waals surface area contributed by atoms with Gasteiger partial charge in [0, 0.05) is 12.1 Å². The van der Waals surface area contributed by atoms with E-state index in [1.165, 1.54) is 31.3 Å². The highest BCUT2D eigenvalue weighted by molar-refractivity contribution is 5.15. The highest BCUT2D eigenvalue weighted by Gasteiger charge is 2.58. The highest BCUT2D eigenvalue weighted by atomic mass is 15.0. The molecular weight excluding hydrogens is 170 g/mol. The SMILES string of the molecule is C=C(C)CNC12CCC(CC1)C2(C)C. The Labute approximate surface area is 88.0 Å². The van der Waals surface area contributed by atoms with E-state index in [1.54, 1.807) is 0 Å². The molecule has 2 bridgehead atoms. The normalized spacial score (nSPS) is 38.9. The van der Waals surface area contributed by atoms with Gasteiger partial charge in [0.2, 0.25) is 0 Å². The molecule has 80 valence electrons. The van der Waals surface area contributed by atoms with Crippen LogP contribution in [0.1, 0.15) is 46.5 Å². The van der Waals surface area contributed by atoms with Gasteiger partial charge in [0.25, 0.3) is 0 Å². The highest BCUT2D eigenvalue weighted by Crippen LogP contribution is 2.60.